The molecule has 32 heteroatoms. The van der Waals surface area contributed by atoms with Crippen LogP contribution >= 0.6 is 7.82 Å². The molecular formula is C16H8F26NaO4P. The van der Waals surface area contributed by atoms with Crippen molar-refractivity contribution in [2.24, 2.45) is 0 Å². The van der Waals surface area contributed by atoms with Crippen molar-refractivity contribution in [2.45, 2.75) is 84.4 Å². The molecular weight excluding hydrogens is 808 g/mol. The molecule has 0 unspecified atom stereocenters. The molecule has 0 heterocycles. The second kappa shape index (κ2) is 13.7. The van der Waals surface area contributed by atoms with Gasteiger partial charge in [-0.3, -0.25) is 4.57 Å². The van der Waals surface area contributed by atoms with Crippen LogP contribution in [0.15, 0.2) is 0 Å². The molecule has 0 aromatic carbocycles. The number of alkyl halides is 26. The van der Waals surface area contributed by atoms with Gasteiger partial charge in [-0.1, -0.05) is 0 Å². The molecule has 0 aromatic heterocycles. The predicted molar refractivity (Wildman–Crippen MR) is 90.3 cm³/mol. The van der Waals surface area contributed by atoms with Gasteiger partial charge in [0.15, 0.2) is 0 Å². The third-order valence-electron chi connectivity index (χ3n) is 5.33. The van der Waals surface area contributed by atoms with Gasteiger partial charge in [-0.2, -0.15) is 114 Å². The quantitative estimate of drug-likeness (QED) is 0.0863. The van der Waals surface area contributed by atoms with Gasteiger partial charge in [-0.25, -0.2) is 0 Å². The molecule has 0 aliphatic rings. The summed E-state index contributed by atoms with van der Waals surface area (Å²) in [5.74, 6) is -79.6. The summed E-state index contributed by atoms with van der Waals surface area (Å²) in [4.78, 5) is 11.2. The summed E-state index contributed by atoms with van der Waals surface area (Å²) in [7, 11) is -6.83. The molecule has 0 fully saturated rings. The van der Waals surface area contributed by atoms with Crippen LogP contribution in [-0.2, 0) is 13.6 Å². The van der Waals surface area contributed by atoms with Crippen LogP contribution in [0.1, 0.15) is 12.8 Å². The Balaban J connectivity index is 0. The first kappa shape index (κ1) is 49.4. The van der Waals surface area contributed by atoms with Crippen LogP contribution in [0.2, 0.25) is 0 Å². The molecule has 0 amide bonds. The first-order valence-corrected chi connectivity index (χ1v) is 11.9. The minimum atomic E-state index is -8.38. The molecule has 4 nitrogen and oxygen atoms in total. The monoisotopic (exact) mass is 816 g/mol. The summed E-state index contributed by atoms with van der Waals surface area (Å²) in [6.45, 7) is -5.71. The van der Waals surface area contributed by atoms with E-state index in [0.717, 1.165) is 0 Å². The van der Waals surface area contributed by atoms with Crippen LogP contribution in [-0.4, -0.2) is 84.8 Å². The summed E-state index contributed by atoms with van der Waals surface area (Å²) in [5, 5.41) is 0. The molecule has 284 valence electrons. The van der Waals surface area contributed by atoms with Gasteiger partial charge in [0.1, 0.15) is 0 Å². The molecule has 0 bridgehead atoms. The molecule has 48 heavy (non-hydrogen) atoms. The van der Waals surface area contributed by atoms with Gasteiger partial charge in [0.05, 0.1) is 13.2 Å². The topological polar surface area (TPSA) is 58.6 Å². The Morgan fingerprint density at radius 2 is 0.562 bits per heavy atom. The van der Waals surface area contributed by atoms with E-state index in [1.54, 1.807) is 0 Å². The standard InChI is InChI=1S/C16H9F26O4P.Na/c17-5(18,7(21,22)9(25,26)11(29,30)13(33,34)15(37,38)39)1-3-45-47(43,44)46-4-2-6(19,20)8(23,24)10(27,28)12(31,32)14(35,36)16(40,41)42;/h1-4H2,(H,43,44);/q;+1/p-1/i1+1,2+1,3+1,4+1;. The zero-order valence-corrected chi connectivity index (χ0v) is 24.6. The van der Waals surface area contributed by atoms with Crippen molar-refractivity contribution in [3.8, 4) is 0 Å². The molecule has 0 aliphatic carbocycles. The fraction of sp³-hybridized carbons (Fsp3) is 1.00. The van der Waals surface area contributed by atoms with Crippen molar-refractivity contribution in [3.05, 3.63) is 0 Å². The van der Waals surface area contributed by atoms with Crippen molar-refractivity contribution in [1.82, 2.24) is 0 Å². The first-order chi connectivity index (χ1) is 19.9. The van der Waals surface area contributed by atoms with Gasteiger partial charge >= 0.3 is 101 Å². The maximum Gasteiger partial charge on any atom is 1.00 e. The number of phosphoric ester groups is 1. The van der Waals surface area contributed by atoms with Crippen LogP contribution in [0, 0.1) is 0 Å². The average Bonchev–Trinajstić information content (AvgIpc) is 2.80. The minimum Gasteiger partial charge on any atom is -0.756 e. The minimum absolute atomic E-state index is 0. The van der Waals surface area contributed by atoms with E-state index >= 15 is 0 Å². The summed E-state index contributed by atoms with van der Waals surface area (Å²) < 4.78 is 354. The predicted octanol–water partition coefficient (Wildman–Crippen LogP) is 5.75. The molecule has 0 N–H and O–H groups in total. The van der Waals surface area contributed by atoms with E-state index in [0.29, 0.717) is 0 Å². The molecule has 0 spiro atoms. The van der Waals surface area contributed by atoms with E-state index < -0.39 is 105 Å². The molecule has 0 aromatic rings. The number of halogens is 26. The summed E-state index contributed by atoms with van der Waals surface area (Å²) >= 11 is 0. The van der Waals surface area contributed by atoms with Gasteiger partial charge in [0.25, 0.3) is 7.82 Å². The molecule has 0 aliphatic heterocycles. The second-order valence-electron chi connectivity index (χ2n) is 8.61. The van der Waals surface area contributed by atoms with Crippen molar-refractivity contribution >= 4 is 7.82 Å². The van der Waals surface area contributed by atoms with Crippen molar-refractivity contribution in [2.75, 3.05) is 13.2 Å². The number of rotatable bonds is 16. The van der Waals surface area contributed by atoms with Gasteiger partial charge in [0.2, 0.25) is 0 Å². The number of hydrogen-bond donors (Lipinski definition) is 0. The van der Waals surface area contributed by atoms with Gasteiger partial charge in [-0.05, 0) is 0 Å². The van der Waals surface area contributed by atoms with E-state index in [1.807, 2.05) is 0 Å². The maximum atomic E-state index is 13.6. The second-order valence-corrected chi connectivity index (χ2v) is 10.0. The van der Waals surface area contributed by atoms with Gasteiger partial charge in [0, 0.05) is 12.8 Å². The van der Waals surface area contributed by atoms with Crippen LogP contribution in [0.5, 0.6) is 0 Å². The summed E-state index contributed by atoms with van der Waals surface area (Å²) in [6, 6.07) is 0. The Morgan fingerprint density at radius 1 is 0.375 bits per heavy atom. The molecule has 0 atom stereocenters. The van der Waals surface area contributed by atoms with E-state index in [-0.39, 0.29) is 29.6 Å². The van der Waals surface area contributed by atoms with Gasteiger partial charge in [-0.15, -0.1) is 0 Å². The van der Waals surface area contributed by atoms with Crippen LogP contribution < -0.4 is 34.5 Å². The van der Waals surface area contributed by atoms with E-state index in [1.165, 1.54) is 0 Å². The Labute approximate surface area is 268 Å². The largest absolute Gasteiger partial charge is 1.00 e. The summed E-state index contributed by atoms with van der Waals surface area (Å²) in [5.41, 5.74) is 0. The Kier molecular flexibility index (Phi) is 14.1. The SMILES string of the molecule is O=P([O-])(O[13CH2][13CH2]C(F)(F)C(F)(F)C(F)(F)C(F)(F)C(F)(F)C(F)(F)F)O[13CH2][13CH2]C(F)(F)C(F)(F)C(F)(F)C(F)(F)C(F)(F)C(F)(F)F.[Na+]. The van der Waals surface area contributed by atoms with Crippen molar-refractivity contribution < 1.29 is 162 Å². The number of hydrogen-bond acceptors (Lipinski definition) is 4. The average molecular weight is 816 g/mol. The van der Waals surface area contributed by atoms with Gasteiger partial charge < -0.3 is 13.9 Å². The molecule has 0 radical (unpaired) electrons. The van der Waals surface area contributed by atoms with Crippen LogP contribution in [0.3, 0.4) is 0 Å². The number of phosphoric acid groups is 1. The third kappa shape index (κ3) is 8.01. The summed E-state index contributed by atoms with van der Waals surface area (Å²) in [6.07, 6.45) is -22.4. The first-order valence-electron chi connectivity index (χ1n) is 10.4. The smallest absolute Gasteiger partial charge is 0.756 e. The van der Waals surface area contributed by atoms with E-state index in [4.69, 9.17) is 0 Å². The van der Waals surface area contributed by atoms with Crippen LogP contribution in [0.25, 0.3) is 0 Å². The van der Waals surface area contributed by atoms with E-state index in [9.17, 15) is 124 Å². The fourth-order valence-corrected chi connectivity index (χ4v) is 3.23. The van der Waals surface area contributed by atoms with Crippen LogP contribution in [0.4, 0.5) is 114 Å². The molecule has 0 saturated heterocycles. The maximum absolute atomic E-state index is 13.6. The molecule has 0 saturated carbocycles. The Morgan fingerprint density at radius 3 is 0.750 bits per heavy atom. The van der Waals surface area contributed by atoms with Crippen molar-refractivity contribution in [3.63, 3.8) is 0 Å². The fourth-order valence-electron chi connectivity index (χ4n) is 2.53. The van der Waals surface area contributed by atoms with Crippen molar-refractivity contribution in [1.29, 1.82) is 0 Å². The Bertz CT molecular complexity index is 1060. The third-order valence-corrected chi connectivity index (χ3v) is 6.33. The zero-order valence-electron chi connectivity index (χ0n) is 21.7. The Hall–Kier alpha value is -0.710. The van der Waals surface area contributed by atoms with E-state index in [2.05, 4.69) is 9.05 Å². The normalized spacial score (nSPS) is 16.2. The molecule has 0 rings (SSSR count). The zero-order chi connectivity index (χ0) is 38.7.